The average molecular weight is 518 g/mol. The van der Waals surface area contributed by atoms with Crippen LogP contribution < -0.4 is 16.8 Å². The normalized spacial score (nSPS) is 31.4. The number of carbonyl (C=O) groups is 2. The maximum atomic E-state index is 12.8. The van der Waals surface area contributed by atoms with E-state index in [0.29, 0.717) is 42.5 Å². The number of rotatable bonds is 2. The molecule has 0 radical (unpaired) electrons. The summed E-state index contributed by atoms with van der Waals surface area (Å²) < 4.78 is 11.1. The first-order valence-electron chi connectivity index (χ1n) is 12.8. The first kappa shape index (κ1) is 30.2. The van der Waals surface area contributed by atoms with E-state index in [9.17, 15) is 19.8 Å². The number of allylic oxidation sites excluding steroid dienone is 1. The number of anilines is 2. The van der Waals surface area contributed by atoms with Crippen molar-refractivity contribution >= 4 is 23.4 Å². The number of fused-ring (bicyclic) bond motifs is 2. The molecule has 0 spiro atoms. The van der Waals surface area contributed by atoms with Gasteiger partial charge in [0.05, 0.1) is 17.9 Å². The Morgan fingerprint density at radius 1 is 1.19 bits per heavy atom. The molecule has 37 heavy (non-hydrogen) atoms. The monoisotopic (exact) mass is 517 g/mol. The maximum absolute atomic E-state index is 12.8. The lowest BCUT2D eigenvalue weighted by molar-refractivity contribution is -0.112. The molecule has 1 aromatic carbocycles. The molecule has 2 bridgehead atoms. The molecule has 0 aromatic heterocycles. The second kappa shape index (κ2) is 13.5. The summed E-state index contributed by atoms with van der Waals surface area (Å²) in [5, 5.41) is 24.3. The number of aromatic hydroxyl groups is 1. The van der Waals surface area contributed by atoms with Gasteiger partial charge in [0.15, 0.2) is 0 Å². The Morgan fingerprint density at radius 3 is 2.49 bits per heavy atom. The van der Waals surface area contributed by atoms with Crippen LogP contribution in [-0.4, -0.2) is 47.6 Å². The van der Waals surface area contributed by atoms with Crippen molar-refractivity contribution in [3.63, 3.8) is 0 Å². The zero-order valence-electron chi connectivity index (χ0n) is 22.8. The lowest BCUT2D eigenvalue weighted by Crippen LogP contribution is -2.35. The minimum atomic E-state index is -0.866. The molecule has 0 unspecified atom stereocenters. The summed E-state index contributed by atoms with van der Waals surface area (Å²) in [7, 11) is 1.56. The predicted molar refractivity (Wildman–Crippen MR) is 145 cm³/mol. The van der Waals surface area contributed by atoms with Gasteiger partial charge in [-0.3, -0.25) is 4.79 Å². The molecule has 9 heteroatoms. The molecule has 1 aromatic rings. The van der Waals surface area contributed by atoms with Crippen LogP contribution in [0.4, 0.5) is 16.2 Å². The molecule has 1 aliphatic rings. The number of nitrogens with one attached hydrogen (secondary N) is 1. The molecular weight excluding hydrogens is 474 g/mol. The number of phenolic OH excluding ortho intramolecular Hbond substituents is 1. The number of benzene rings is 1. The van der Waals surface area contributed by atoms with Crippen molar-refractivity contribution in [3.05, 3.63) is 41.0 Å². The zero-order valence-corrected chi connectivity index (χ0v) is 22.8. The number of aliphatic hydroxyl groups is 1. The summed E-state index contributed by atoms with van der Waals surface area (Å²) in [6.07, 6.45) is 3.28. The summed E-state index contributed by atoms with van der Waals surface area (Å²) in [5.41, 5.74) is 14.2. The van der Waals surface area contributed by atoms with Crippen molar-refractivity contribution in [2.24, 2.45) is 23.5 Å². The van der Waals surface area contributed by atoms with Crippen LogP contribution >= 0.6 is 0 Å². The third-order valence-corrected chi connectivity index (χ3v) is 7.09. The Balaban J connectivity index is 2.47. The number of primary amides is 1. The van der Waals surface area contributed by atoms with Crippen LogP contribution in [0.25, 0.3) is 0 Å². The Hall–Kier alpha value is -3.04. The third kappa shape index (κ3) is 8.50. The SMILES string of the molecule is CO[C@H]1C[C@H](C)Cc2cc(cc(O)c2N)NC(=O)/C(C)=C/CC[C@H](C)[C@@H](OC(N)=O)/C(C)=C/[C@H](C)[C@H]1O. The van der Waals surface area contributed by atoms with Gasteiger partial charge in [-0.1, -0.05) is 32.9 Å². The highest BCUT2D eigenvalue weighted by Crippen LogP contribution is 2.32. The molecule has 1 aliphatic heterocycles. The maximum Gasteiger partial charge on any atom is 0.405 e. The molecule has 0 fully saturated rings. The summed E-state index contributed by atoms with van der Waals surface area (Å²) in [5.74, 6) is -0.714. The van der Waals surface area contributed by atoms with Gasteiger partial charge >= 0.3 is 6.09 Å². The van der Waals surface area contributed by atoms with Gasteiger partial charge in [0.25, 0.3) is 5.91 Å². The molecule has 7 N–H and O–H groups in total. The third-order valence-electron chi connectivity index (χ3n) is 7.09. The van der Waals surface area contributed by atoms with Crippen LogP contribution in [0.2, 0.25) is 0 Å². The number of aliphatic hydroxyl groups excluding tert-OH is 1. The van der Waals surface area contributed by atoms with E-state index >= 15 is 0 Å². The summed E-state index contributed by atoms with van der Waals surface area (Å²) in [4.78, 5) is 24.4. The number of methoxy groups -OCH3 is 1. The number of nitrogens with two attached hydrogens (primary N) is 2. The Morgan fingerprint density at radius 2 is 1.86 bits per heavy atom. The minimum absolute atomic E-state index is 0.0409. The summed E-state index contributed by atoms with van der Waals surface area (Å²) >= 11 is 0. The van der Waals surface area contributed by atoms with Crippen LogP contribution in [0.3, 0.4) is 0 Å². The van der Waals surface area contributed by atoms with E-state index in [-0.39, 0.29) is 35.1 Å². The largest absolute Gasteiger partial charge is 0.506 e. The van der Waals surface area contributed by atoms with Crippen LogP contribution in [-0.2, 0) is 20.7 Å². The second-order valence-electron chi connectivity index (χ2n) is 10.4. The highest BCUT2D eigenvalue weighted by molar-refractivity contribution is 6.03. The van der Waals surface area contributed by atoms with Crippen LogP contribution in [0.1, 0.15) is 59.4 Å². The number of hydrogen-bond acceptors (Lipinski definition) is 7. The van der Waals surface area contributed by atoms with Gasteiger partial charge in [0.2, 0.25) is 0 Å². The van der Waals surface area contributed by atoms with Gasteiger partial charge < -0.3 is 36.5 Å². The van der Waals surface area contributed by atoms with Crippen molar-refractivity contribution in [2.75, 3.05) is 18.2 Å². The fraction of sp³-hybridized carbons (Fsp3) is 0.571. The van der Waals surface area contributed by atoms with E-state index < -0.39 is 24.4 Å². The topological polar surface area (TPSA) is 157 Å². The van der Waals surface area contributed by atoms with E-state index in [1.165, 1.54) is 6.07 Å². The van der Waals surface area contributed by atoms with Gasteiger partial charge in [-0.05, 0) is 68.6 Å². The first-order chi connectivity index (χ1) is 17.3. The van der Waals surface area contributed by atoms with Crippen molar-refractivity contribution in [3.8, 4) is 5.75 Å². The fourth-order valence-electron chi connectivity index (χ4n) is 4.93. The Labute approximate surface area is 219 Å². The van der Waals surface area contributed by atoms with E-state index in [2.05, 4.69) is 5.32 Å². The molecule has 0 saturated carbocycles. The lowest BCUT2D eigenvalue weighted by Gasteiger charge is -2.29. The molecule has 9 nitrogen and oxygen atoms in total. The number of ether oxygens (including phenoxy) is 2. The van der Waals surface area contributed by atoms with Gasteiger partial charge in [0, 0.05) is 30.4 Å². The smallest absolute Gasteiger partial charge is 0.405 e. The van der Waals surface area contributed by atoms with E-state index in [1.807, 2.05) is 39.8 Å². The van der Waals surface area contributed by atoms with Crippen molar-refractivity contribution in [1.82, 2.24) is 0 Å². The number of phenols is 1. The molecule has 0 saturated heterocycles. The quantitative estimate of drug-likeness (QED) is 0.222. The average Bonchev–Trinajstić information content (AvgIpc) is 2.82. The summed E-state index contributed by atoms with van der Waals surface area (Å²) in [6, 6.07) is 3.20. The molecule has 6 atom stereocenters. The number of nitrogen functional groups attached to an aromatic ring is 1. The molecular formula is C28H43N3O6. The molecule has 206 valence electrons. The molecule has 0 aliphatic carbocycles. The Kier molecular flexibility index (Phi) is 11.0. The van der Waals surface area contributed by atoms with E-state index in [1.54, 1.807) is 20.1 Å². The predicted octanol–water partition coefficient (Wildman–Crippen LogP) is 4.28. The Bertz CT molecular complexity index is 1020. The lowest BCUT2D eigenvalue weighted by atomic mass is 9.87. The standard InChI is InChI=1S/C28H43N3O6/c1-15-10-20-13-21(14-22(32)24(20)29)31-27(34)17(3)9-7-8-16(2)26(37-28(30)35)19(5)12-18(4)25(33)23(11-15)36-6/h9,12-16,18,23,25-26,32-33H,7-8,10-11,29H2,1-6H3,(H2,30,35)(H,31,34)/b17-9+,19-12+/t15-,16+,18+,23+,25-,26-/m1/s1. The van der Waals surface area contributed by atoms with Crippen LogP contribution in [0, 0.1) is 17.8 Å². The molecule has 2 rings (SSSR count). The van der Waals surface area contributed by atoms with Crippen molar-refractivity contribution in [1.29, 1.82) is 0 Å². The summed E-state index contributed by atoms with van der Waals surface area (Å²) in [6.45, 7) is 9.44. The fourth-order valence-corrected chi connectivity index (χ4v) is 4.93. The highest BCUT2D eigenvalue weighted by Gasteiger charge is 2.28. The van der Waals surface area contributed by atoms with Crippen molar-refractivity contribution in [2.45, 2.75) is 78.6 Å². The first-order valence-corrected chi connectivity index (χ1v) is 12.8. The van der Waals surface area contributed by atoms with E-state index in [0.717, 1.165) is 5.57 Å². The zero-order chi connectivity index (χ0) is 27.9. The van der Waals surface area contributed by atoms with E-state index in [4.69, 9.17) is 20.9 Å². The second-order valence-corrected chi connectivity index (χ2v) is 10.4. The van der Waals surface area contributed by atoms with Gasteiger partial charge in [-0.2, -0.15) is 0 Å². The molecule has 1 heterocycles. The van der Waals surface area contributed by atoms with Crippen LogP contribution in [0.5, 0.6) is 5.75 Å². The van der Waals surface area contributed by atoms with Crippen LogP contribution in [0.15, 0.2) is 35.4 Å². The number of amides is 2. The van der Waals surface area contributed by atoms with Gasteiger partial charge in [-0.25, -0.2) is 4.79 Å². The highest BCUT2D eigenvalue weighted by atomic mass is 16.6. The van der Waals surface area contributed by atoms with Crippen molar-refractivity contribution < 1.29 is 29.3 Å². The van der Waals surface area contributed by atoms with Gasteiger partial charge in [0.1, 0.15) is 11.9 Å². The minimum Gasteiger partial charge on any atom is -0.506 e. The number of hydrogen-bond donors (Lipinski definition) is 5. The molecule has 2 amide bonds. The number of carbonyl (C=O) groups excluding carboxylic acids is 2. The van der Waals surface area contributed by atoms with Gasteiger partial charge in [-0.15, -0.1) is 0 Å².